The first-order valence-corrected chi connectivity index (χ1v) is 8.96. The van der Waals surface area contributed by atoms with Gasteiger partial charge in [-0.15, -0.1) is 0 Å². The molecule has 26 heavy (non-hydrogen) atoms. The zero-order valence-corrected chi connectivity index (χ0v) is 15.3. The first kappa shape index (κ1) is 16.5. The molecule has 0 atom stereocenters. The topological polar surface area (TPSA) is 71.8 Å². The fourth-order valence-corrected chi connectivity index (χ4v) is 3.36. The van der Waals surface area contributed by atoms with Crippen LogP contribution in [-0.2, 0) is 0 Å². The third-order valence-electron chi connectivity index (χ3n) is 4.51. The SMILES string of the molecule is Cc1nc2cnc(Nc3ccnc(N4CC=CCC4)n3)cc2n1C(C)C. The zero-order valence-electron chi connectivity index (χ0n) is 15.3. The Morgan fingerprint density at radius 1 is 1.12 bits per heavy atom. The Kier molecular flexibility index (Phi) is 4.28. The second-order valence-electron chi connectivity index (χ2n) is 6.75. The van der Waals surface area contributed by atoms with Gasteiger partial charge in [0.1, 0.15) is 23.0 Å². The monoisotopic (exact) mass is 349 g/mol. The number of pyridine rings is 1. The van der Waals surface area contributed by atoms with Crippen LogP contribution in [0.5, 0.6) is 0 Å². The van der Waals surface area contributed by atoms with Gasteiger partial charge in [0.2, 0.25) is 5.95 Å². The van der Waals surface area contributed by atoms with Crippen LogP contribution in [0.3, 0.4) is 0 Å². The van der Waals surface area contributed by atoms with Crippen LogP contribution >= 0.6 is 0 Å². The summed E-state index contributed by atoms with van der Waals surface area (Å²) in [5.41, 5.74) is 1.98. The van der Waals surface area contributed by atoms with Crippen LogP contribution in [0.4, 0.5) is 17.6 Å². The molecule has 1 N–H and O–H groups in total. The van der Waals surface area contributed by atoms with Gasteiger partial charge in [0.05, 0.1) is 11.7 Å². The Bertz CT molecular complexity index is 958. The van der Waals surface area contributed by atoms with Crippen LogP contribution in [0.25, 0.3) is 11.0 Å². The average molecular weight is 349 g/mol. The van der Waals surface area contributed by atoms with Crippen molar-refractivity contribution in [2.24, 2.45) is 0 Å². The van der Waals surface area contributed by atoms with Crippen molar-refractivity contribution in [3.8, 4) is 0 Å². The molecule has 134 valence electrons. The molecule has 7 heteroatoms. The minimum atomic E-state index is 0.341. The number of anilines is 3. The van der Waals surface area contributed by atoms with E-state index in [-0.39, 0.29) is 0 Å². The lowest BCUT2D eigenvalue weighted by molar-refractivity contribution is 0.600. The number of aryl methyl sites for hydroxylation is 1. The number of hydrogen-bond donors (Lipinski definition) is 1. The van der Waals surface area contributed by atoms with Crippen molar-refractivity contribution in [1.82, 2.24) is 24.5 Å². The summed E-state index contributed by atoms with van der Waals surface area (Å²) < 4.78 is 2.22. The lowest BCUT2D eigenvalue weighted by Crippen LogP contribution is -2.28. The first-order chi connectivity index (χ1) is 12.6. The maximum atomic E-state index is 4.64. The van der Waals surface area contributed by atoms with Gasteiger partial charge >= 0.3 is 0 Å². The number of nitrogens with zero attached hydrogens (tertiary/aromatic N) is 6. The smallest absolute Gasteiger partial charge is 0.227 e. The second-order valence-corrected chi connectivity index (χ2v) is 6.75. The normalized spacial score (nSPS) is 14.4. The van der Waals surface area contributed by atoms with Crippen molar-refractivity contribution >= 4 is 28.6 Å². The molecule has 3 aromatic rings. The summed E-state index contributed by atoms with van der Waals surface area (Å²) in [6.45, 7) is 8.13. The van der Waals surface area contributed by atoms with Gasteiger partial charge in [0.25, 0.3) is 0 Å². The summed E-state index contributed by atoms with van der Waals surface area (Å²) in [7, 11) is 0. The van der Waals surface area contributed by atoms with Crippen LogP contribution in [0.1, 0.15) is 32.1 Å². The predicted molar refractivity (Wildman–Crippen MR) is 104 cm³/mol. The average Bonchev–Trinajstić information content (AvgIpc) is 2.98. The fraction of sp³-hybridized carbons (Fsp3) is 0.368. The minimum absolute atomic E-state index is 0.341. The molecule has 0 aliphatic carbocycles. The van der Waals surface area contributed by atoms with E-state index < -0.39 is 0 Å². The molecule has 1 aliphatic heterocycles. The summed E-state index contributed by atoms with van der Waals surface area (Å²) in [5.74, 6) is 3.23. The van der Waals surface area contributed by atoms with E-state index in [0.717, 1.165) is 54.0 Å². The van der Waals surface area contributed by atoms with E-state index in [0.29, 0.717) is 6.04 Å². The quantitative estimate of drug-likeness (QED) is 0.725. The lowest BCUT2D eigenvalue weighted by atomic mass is 10.3. The molecule has 0 aromatic carbocycles. The number of fused-ring (bicyclic) bond motifs is 1. The third kappa shape index (κ3) is 3.12. The molecule has 7 nitrogen and oxygen atoms in total. The largest absolute Gasteiger partial charge is 0.337 e. The summed E-state index contributed by atoms with van der Waals surface area (Å²) in [4.78, 5) is 20.3. The number of rotatable bonds is 4. The standard InChI is InChI=1S/C19H23N7/c1-13(2)26-14(3)22-15-12-21-18(11-16(15)26)23-17-7-8-20-19(24-17)25-9-5-4-6-10-25/h4-5,7-8,11-13H,6,9-10H2,1-3H3,(H,20,21,23,24). The molecule has 4 heterocycles. The first-order valence-electron chi connectivity index (χ1n) is 8.96. The molecule has 0 fully saturated rings. The summed E-state index contributed by atoms with van der Waals surface area (Å²) in [5, 5.41) is 3.30. The molecule has 3 aromatic heterocycles. The molecule has 0 saturated carbocycles. The number of aromatic nitrogens is 5. The van der Waals surface area contributed by atoms with Crippen molar-refractivity contribution in [2.45, 2.75) is 33.2 Å². The molecule has 0 spiro atoms. The van der Waals surface area contributed by atoms with Crippen LogP contribution in [0.15, 0.2) is 36.7 Å². The van der Waals surface area contributed by atoms with Crippen molar-refractivity contribution < 1.29 is 0 Å². The molecule has 0 bridgehead atoms. The van der Waals surface area contributed by atoms with Crippen LogP contribution in [-0.4, -0.2) is 37.6 Å². The molecule has 0 saturated heterocycles. The highest BCUT2D eigenvalue weighted by Crippen LogP contribution is 2.24. The molecular weight excluding hydrogens is 326 g/mol. The van der Waals surface area contributed by atoms with Gasteiger partial charge in [0, 0.05) is 31.4 Å². The highest BCUT2D eigenvalue weighted by Gasteiger charge is 2.13. The Morgan fingerprint density at radius 3 is 2.77 bits per heavy atom. The lowest BCUT2D eigenvalue weighted by Gasteiger charge is -2.23. The van der Waals surface area contributed by atoms with E-state index >= 15 is 0 Å². The molecule has 0 unspecified atom stereocenters. The molecule has 0 radical (unpaired) electrons. The van der Waals surface area contributed by atoms with Gasteiger partial charge in [-0.25, -0.2) is 15.0 Å². The molecule has 0 amide bonds. The van der Waals surface area contributed by atoms with E-state index in [1.807, 2.05) is 19.1 Å². The van der Waals surface area contributed by atoms with Crippen molar-refractivity contribution in [3.05, 3.63) is 42.5 Å². The maximum Gasteiger partial charge on any atom is 0.227 e. The highest BCUT2D eigenvalue weighted by atomic mass is 15.3. The zero-order chi connectivity index (χ0) is 18.1. The molecule has 1 aliphatic rings. The van der Waals surface area contributed by atoms with Crippen molar-refractivity contribution in [1.29, 1.82) is 0 Å². The van der Waals surface area contributed by atoms with Gasteiger partial charge in [-0.05, 0) is 33.3 Å². The van der Waals surface area contributed by atoms with Crippen LogP contribution < -0.4 is 10.2 Å². The van der Waals surface area contributed by atoms with Crippen LogP contribution in [0, 0.1) is 6.92 Å². The molecule has 4 rings (SSSR count). The van der Waals surface area contributed by atoms with Crippen molar-refractivity contribution in [3.63, 3.8) is 0 Å². The van der Waals surface area contributed by atoms with Crippen LogP contribution in [0.2, 0.25) is 0 Å². The Balaban J connectivity index is 1.63. The Hall–Kier alpha value is -2.96. The number of nitrogens with one attached hydrogen (secondary N) is 1. The van der Waals surface area contributed by atoms with E-state index in [9.17, 15) is 0 Å². The minimum Gasteiger partial charge on any atom is -0.337 e. The molecular formula is C19H23N7. The summed E-state index contributed by atoms with van der Waals surface area (Å²) >= 11 is 0. The number of imidazole rings is 1. The number of hydrogen-bond acceptors (Lipinski definition) is 6. The van der Waals surface area contributed by atoms with Gasteiger partial charge in [-0.1, -0.05) is 12.2 Å². The van der Waals surface area contributed by atoms with E-state index in [1.54, 1.807) is 12.4 Å². The highest BCUT2D eigenvalue weighted by molar-refractivity contribution is 5.79. The van der Waals surface area contributed by atoms with E-state index in [2.05, 4.69) is 60.7 Å². The Labute approximate surface area is 152 Å². The van der Waals surface area contributed by atoms with Crippen molar-refractivity contribution in [2.75, 3.05) is 23.3 Å². The predicted octanol–water partition coefficient (Wildman–Crippen LogP) is 3.62. The van der Waals surface area contributed by atoms with Gasteiger partial charge in [-0.2, -0.15) is 4.98 Å². The van der Waals surface area contributed by atoms with E-state index in [4.69, 9.17) is 0 Å². The van der Waals surface area contributed by atoms with Gasteiger partial charge < -0.3 is 14.8 Å². The fourth-order valence-electron chi connectivity index (χ4n) is 3.36. The summed E-state index contributed by atoms with van der Waals surface area (Å²) in [6.07, 6.45) is 8.96. The summed E-state index contributed by atoms with van der Waals surface area (Å²) in [6, 6.07) is 4.23. The van der Waals surface area contributed by atoms with E-state index in [1.165, 1.54) is 0 Å². The van der Waals surface area contributed by atoms with Gasteiger partial charge in [0.15, 0.2) is 0 Å². The van der Waals surface area contributed by atoms with Gasteiger partial charge in [-0.3, -0.25) is 0 Å². The maximum absolute atomic E-state index is 4.64. The Morgan fingerprint density at radius 2 is 2.00 bits per heavy atom. The second kappa shape index (κ2) is 6.74. The third-order valence-corrected chi connectivity index (χ3v) is 4.51.